The van der Waals surface area contributed by atoms with Crippen molar-refractivity contribution in [3.05, 3.63) is 23.9 Å². The van der Waals surface area contributed by atoms with E-state index in [0.717, 1.165) is 12.4 Å². The molecule has 2 heterocycles. The second-order valence-electron chi connectivity index (χ2n) is 4.04. The van der Waals surface area contributed by atoms with Crippen LogP contribution in [-0.2, 0) is 4.79 Å². The lowest BCUT2D eigenvalue weighted by molar-refractivity contribution is -0.123. The van der Waals surface area contributed by atoms with Crippen LogP contribution in [0.3, 0.4) is 0 Å². The molecule has 6 nitrogen and oxygen atoms in total. The van der Waals surface area contributed by atoms with E-state index in [0.29, 0.717) is 18.7 Å². The number of anilines is 1. The van der Waals surface area contributed by atoms with Gasteiger partial charge in [-0.1, -0.05) is 0 Å². The van der Waals surface area contributed by atoms with E-state index in [1.54, 1.807) is 12.1 Å². The monoisotopic (exact) mass is 248 g/mol. The fourth-order valence-corrected chi connectivity index (χ4v) is 1.80. The molecule has 0 unspecified atom stereocenters. The van der Waals surface area contributed by atoms with Crippen molar-refractivity contribution in [1.82, 2.24) is 15.2 Å². The smallest absolute Gasteiger partial charge is 0.255 e. The molecular weight excluding hydrogens is 232 g/mol. The van der Waals surface area contributed by atoms with E-state index in [1.807, 2.05) is 6.92 Å². The zero-order valence-corrected chi connectivity index (χ0v) is 10.3. The van der Waals surface area contributed by atoms with Crippen LogP contribution >= 0.6 is 0 Å². The molecule has 0 aromatic carbocycles. The highest BCUT2D eigenvalue weighted by Crippen LogP contribution is 2.08. The summed E-state index contributed by atoms with van der Waals surface area (Å²) in [6.07, 6.45) is 1.53. The third-order valence-electron chi connectivity index (χ3n) is 2.69. The minimum Gasteiger partial charge on any atom is -0.370 e. The Hall–Kier alpha value is -2.11. The molecule has 2 amide bonds. The minimum absolute atomic E-state index is 0.119. The number of amides is 2. The molecule has 2 rings (SSSR count). The number of hydrogen-bond donors (Lipinski definition) is 2. The van der Waals surface area contributed by atoms with Gasteiger partial charge in [-0.3, -0.25) is 9.59 Å². The molecule has 6 heteroatoms. The molecule has 1 aliphatic rings. The molecule has 0 aliphatic carbocycles. The van der Waals surface area contributed by atoms with Crippen LogP contribution in [0, 0.1) is 0 Å². The number of nitrogens with zero attached hydrogens (tertiary/aromatic N) is 2. The van der Waals surface area contributed by atoms with Crippen LogP contribution in [0.25, 0.3) is 0 Å². The number of piperazine rings is 1. The molecule has 0 saturated carbocycles. The fourth-order valence-electron chi connectivity index (χ4n) is 1.80. The Bertz CT molecular complexity index is 444. The molecule has 1 fully saturated rings. The van der Waals surface area contributed by atoms with Gasteiger partial charge >= 0.3 is 0 Å². The quantitative estimate of drug-likeness (QED) is 0.794. The van der Waals surface area contributed by atoms with Crippen molar-refractivity contribution in [2.24, 2.45) is 0 Å². The maximum Gasteiger partial charge on any atom is 0.255 e. The largest absolute Gasteiger partial charge is 0.370 e. The number of nitrogens with one attached hydrogen (secondary N) is 2. The SMILES string of the molecule is CCNc1ccc(C(=O)N2CCNC(=O)C2)cn1. The summed E-state index contributed by atoms with van der Waals surface area (Å²) in [6.45, 7) is 3.93. The van der Waals surface area contributed by atoms with Gasteiger partial charge in [0.15, 0.2) is 0 Å². The van der Waals surface area contributed by atoms with Gasteiger partial charge in [-0.15, -0.1) is 0 Å². The summed E-state index contributed by atoms with van der Waals surface area (Å²) < 4.78 is 0. The Morgan fingerprint density at radius 1 is 1.56 bits per heavy atom. The standard InChI is InChI=1S/C12H16N4O2/c1-2-13-10-4-3-9(7-15-10)12(18)16-6-5-14-11(17)8-16/h3-4,7H,2,5-6,8H2,1H3,(H,13,15)(H,14,17). The first-order valence-corrected chi connectivity index (χ1v) is 5.96. The fraction of sp³-hybridized carbons (Fsp3) is 0.417. The Morgan fingerprint density at radius 2 is 2.39 bits per heavy atom. The summed E-state index contributed by atoms with van der Waals surface area (Å²) in [4.78, 5) is 29.0. The first kappa shape index (κ1) is 12.3. The summed E-state index contributed by atoms with van der Waals surface area (Å²) in [6, 6.07) is 3.49. The predicted octanol–water partition coefficient (Wildman–Crippen LogP) is 0.0854. The normalized spacial score (nSPS) is 15.2. The molecule has 1 aliphatic heterocycles. The third-order valence-corrected chi connectivity index (χ3v) is 2.69. The highest BCUT2D eigenvalue weighted by atomic mass is 16.2. The van der Waals surface area contributed by atoms with E-state index in [4.69, 9.17) is 0 Å². The first-order chi connectivity index (χ1) is 8.70. The Labute approximate surface area is 105 Å². The average Bonchev–Trinajstić information content (AvgIpc) is 2.39. The number of pyridine rings is 1. The lowest BCUT2D eigenvalue weighted by Gasteiger charge is -2.26. The number of carbonyl (C=O) groups excluding carboxylic acids is 2. The molecule has 0 spiro atoms. The van der Waals surface area contributed by atoms with Crippen molar-refractivity contribution in [1.29, 1.82) is 0 Å². The van der Waals surface area contributed by atoms with E-state index in [1.165, 1.54) is 11.1 Å². The van der Waals surface area contributed by atoms with E-state index in [-0.39, 0.29) is 18.4 Å². The number of aromatic nitrogens is 1. The van der Waals surface area contributed by atoms with Crippen LogP contribution in [0.1, 0.15) is 17.3 Å². The highest BCUT2D eigenvalue weighted by molar-refractivity contribution is 5.96. The van der Waals surface area contributed by atoms with Crippen LogP contribution in [0.4, 0.5) is 5.82 Å². The average molecular weight is 248 g/mol. The molecule has 18 heavy (non-hydrogen) atoms. The molecular formula is C12H16N4O2. The predicted molar refractivity (Wildman–Crippen MR) is 67.3 cm³/mol. The maximum absolute atomic E-state index is 12.1. The number of hydrogen-bond acceptors (Lipinski definition) is 4. The summed E-state index contributed by atoms with van der Waals surface area (Å²) in [5, 5.41) is 5.75. The van der Waals surface area contributed by atoms with Gasteiger partial charge in [0.2, 0.25) is 5.91 Å². The number of carbonyl (C=O) groups is 2. The second-order valence-corrected chi connectivity index (χ2v) is 4.04. The molecule has 1 saturated heterocycles. The second kappa shape index (κ2) is 5.48. The topological polar surface area (TPSA) is 74.3 Å². The van der Waals surface area contributed by atoms with Gasteiger partial charge in [-0.25, -0.2) is 4.98 Å². The molecule has 0 bridgehead atoms. The van der Waals surface area contributed by atoms with Crippen LogP contribution in [0.15, 0.2) is 18.3 Å². The van der Waals surface area contributed by atoms with Crippen LogP contribution in [0.5, 0.6) is 0 Å². The van der Waals surface area contributed by atoms with E-state index >= 15 is 0 Å². The van der Waals surface area contributed by atoms with Gasteiger partial charge in [0.05, 0.1) is 12.1 Å². The maximum atomic E-state index is 12.1. The van der Waals surface area contributed by atoms with Crippen LogP contribution in [-0.4, -0.2) is 47.9 Å². The summed E-state index contributed by atoms with van der Waals surface area (Å²) in [5.74, 6) is 0.470. The van der Waals surface area contributed by atoms with Gasteiger partial charge in [-0.05, 0) is 19.1 Å². The van der Waals surface area contributed by atoms with Gasteiger partial charge in [0.1, 0.15) is 5.82 Å². The van der Waals surface area contributed by atoms with Crippen molar-refractivity contribution in [2.45, 2.75) is 6.92 Å². The zero-order valence-electron chi connectivity index (χ0n) is 10.3. The van der Waals surface area contributed by atoms with Gasteiger partial charge in [0, 0.05) is 25.8 Å². The summed E-state index contributed by atoms with van der Waals surface area (Å²) >= 11 is 0. The number of rotatable bonds is 3. The molecule has 1 aromatic heterocycles. The van der Waals surface area contributed by atoms with Gasteiger partial charge < -0.3 is 15.5 Å². The molecule has 96 valence electrons. The van der Waals surface area contributed by atoms with Crippen LogP contribution in [0.2, 0.25) is 0 Å². The van der Waals surface area contributed by atoms with E-state index < -0.39 is 0 Å². The zero-order chi connectivity index (χ0) is 13.0. The summed E-state index contributed by atoms with van der Waals surface area (Å²) in [7, 11) is 0. The van der Waals surface area contributed by atoms with Gasteiger partial charge in [-0.2, -0.15) is 0 Å². The Kier molecular flexibility index (Phi) is 3.76. The molecule has 1 aromatic rings. The highest BCUT2D eigenvalue weighted by Gasteiger charge is 2.22. The lowest BCUT2D eigenvalue weighted by Crippen LogP contribution is -2.49. The van der Waals surface area contributed by atoms with Crippen molar-refractivity contribution in [3.63, 3.8) is 0 Å². The van der Waals surface area contributed by atoms with Crippen molar-refractivity contribution in [2.75, 3.05) is 31.5 Å². The minimum atomic E-state index is -0.152. The van der Waals surface area contributed by atoms with Crippen molar-refractivity contribution >= 4 is 17.6 Å². The van der Waals surface area contributed by atoms with Crippen molar-refractivity contribution < 1.29 is 9.59 Å². The van der Waals surface area contributed by atoms with E-state index in [2.05, 4.69) is 15.6 Å². The Balaban J connectivity index is 2.06. The third kappa shape index (κ3) is 2.77. The Morgan fingerprint density at radius 3 is 3.00 bits per heavy atom. The van der Waals surface area contributed by atoms with Gasteiger partial charge in [0.25, 0.3) is 5.91 Å². The molecule has 0 atom stereocenters. The molecule has 0 radical (unpaired) electrons. The van der Waals surface area contributed by atoms with Crippen LogP contribution < -0.4 is 10.6 Å². The van der Waals surface area contributed by atoms with E-state index in [9.17, 15) is 9.59 Å². The lowest BCUT2D eigenvalue weighted by atomic mass is 10.2. The first-order valence-electron chi connectivity index (χ1n) is 5.96. The summed E-state index contributed by atoms with van der Waals surface area (Å²) in [5.41, 5.74) is 0.506. The van der Waals surface area contributed by atoms with Crippen molar-refractivity contribution in [3.8, 4) is 0 Å². The molecule has 2 N–H and O–H groups in total.